The molecule has 15 heteroatoms. The fourth-order valence-corrected chi connectivity index (χ4v) is 6.41. The number of carbonyl (C=O) groups is 2. The molecule has 0 unspecified atom stereocenters. The number of nitrogens with zero attached hydrogens (tertiary/aromatic N) is 4. The number of halogens is 6. The molecule has 2 N–H and O–H groups in total. The van der Waals surface area contributed by atoms with Gasteiger partial charge in [-0.1, -0.05) is 18.2 Å². The molecule has 0 aliphatic carbocycles. The summed E-state index contributed by atoms with van der Waals surface area (Å²) in [6.45, 7) is 4.24. The van der Waals surface area contributed by atoms with Crippen LogP contribution in [-0.4, -0.2) is 76.1 Å². The number of benzene rings is 2. The van der Waals surface area contributed by atoms with Crippen molar-refractivity contribution in [2.24, 2.45) is 7.05 Å². The normalized spacial score (nSPS) is 16.5. The van der Waals surface area contributed by atoms with Crippen LogP contribution >= 0.6 is 0 Å². The van der Waals surface area contributed by atoms with Crippen LogP contribution in [0, 0.1) is 19.7 Å². The van der Waals surface area contributed by atoms with E-state index in [0.717, 1.165) is 23.6 Å². The van der Waals surface area contributed by atoms with Crippen molar-refractivity contribution in [1.29, 1.82) is 0 Å². The fourth-order valence-electron chi connectivity index (χ4n) is 6.41. The quantitative estimate of drug-likeness (QED) is 0.231. The Morgan fingerprint density at radius 2 is 1.76 bits per heavy atom. The number of nitrogens with one attached hydrogen (secondary N) is 1. The summed E-state index contributed by atoms with van der Waals surface area (Å²) in [6.07, 6.45) is -3.93. The Morgan fingerprint density at radius 3 is 2.38 bits per heavy atom. The number of amides is 1. The molecule has 3 heterocycles. The minimum atomic E-state index is -4.87. The van der Waals surface area contributed by atoms with E-state index in [-0.39, 0.29) is 58.5 Å². The predicted octanol–water partition coefficient (Wildman–Crippen LogP) is 5.58. The summed E-state index contributed by atoms with van der Waals surface area (Å²) in [4.78, 5) is 46.3. The maximum Gasteiger partial charge on any atom is 0.417 e. The van der Waals surface area contributed by atoms with Crippen molar-refractivity contribution in [3.8, 4) is 11.1 Å². The molecule has 266 valence electrons. The van der Waals surface area contributed by atoms with E-state index < -0.39 is 64.1 Å². The Balaban J connectivity index is 1.48. The first-order valence-corrected chi connectivity index (χ1v) is 15.6. The predicted molar refractivity (Wildman–Crippen MR) is 175 cm³/mol. The number of carboxylic acid groups (broad SMARTS) is 1. The topological polar surface area (TPSA) is 108 Å². The van der Waals surface area contributed by atoms with Crippen LogP contribution in [-0.2, 0) is 24.4 Å². The summed E-state index contributed by atoms with van der Waals surface area (Å²) in [6, 6.07) is 5.97. The lowest BCUT2D eigenvalue weighted by atomic mass is 9.93. The van der Waals surface area contributed by atoms with Gasteiger partial charge in [0.1, 0.15) is 17.9 Å². The van der Waals surface area contributed by atoms with Gasteiger partial charge in [-0.3, -0.25) is 14.6 Å². The van der Waals surface area contributed by atoms with Gasteiger partial charge >= 0.3 is 12.1 Å². The first-order valence-electron chi connectivity index (χ1n) is 15.6. The number of pyridine rings is 2. The molecule has 5 rings (SSSR count). The SMILES string of the molecule is Cc1cc(N2CCN(C)C[C@@H]2C(C)(F)F)cc(F)c1C(=O)N[C@@H](Cc1ccc(-c2c(C(F)(F)F)cc(C)n(C)c2=O)c2ncccc12)C(=O)O. The number of hydrogen-bond acceptors (Lipinski definition) is 6. The molecule has 9 nitrogen and oxygen atoms in total. The second-order valence-electron chi connectivity index (χ2n) is 12.7. The van der Waals surface area contributed by atoms with E-state index >= 15 is 4.39 Å². The van der Waals surface area contributed by atoms with Gasteiger partial charge in [-0.05, 0) is 56.3 Å². The third-order valence-electron chi connectivity index (χ3n) is 9.13. The molecule has 0 spiro atoms. The van der Waals surface area contributed by atoms with E-state index in [2.05, 4.69) is 10.3 Å². The van der Waals surface area contributed by atoms with Gasteiger partial charge in [-0.2, -0.15) is 13.2 Å². The van der Waals surface area contributed by atoms with Crippen molar-refractivity contribution in [2.75, 3.05) is 31.6 Å². The number of likely N-dealkylation sites (N-methyl/N-ethyl adjacent to an activating group) is 1. The number of rotatable bonds is 8. The zero-order valence-corrected chi connectivity index (χ0v) is 27.8. The molecule has 1 aliphatic rings. The van der Waals surface area contributed by atoms with Gasteiger partial charge in [-0.25, -0.2) is 18.0 Å². The number of aromatic nitrogens is 2. The van der Waals surface area contributed by atoms with Gasteiger partial charge in [0.15, 0.2) is 0 Å². The molecule has 50 heavy (non-hydrogen) atoms. The van der Waals surface area contributed by atoms with Crippen LogP contribution in [0.4, 0.5) is 32.0 Å². The van der Waals surface area contributed by atoms with Crippen molar-refractivity contribution in [3.63, 3.8) is 0 Å². The smallest absolute Gasteiger partial charge is 0.417 e. The van der Waals surface area contributed by atoms with E-state index in [1.807, 2.05) is 0 Å². The summed E-state index contributed by atoms with van der Waals surface area (Å²) >= 11 is 0. The van der Waals surface area contributed by atoms with Crippen molar-refractivity contribution < 1.29 is 41.0 Å². The Kier molecular flexibility index (Phi) is 9.76. The minimum Gasteiger partial charge on any atom is -0.480 e. The van der Waals surface area contributed by atoms with Crippen LogP contribution in [0.25, 0.3) is 22.0 Å². The van der Waals surface area contributed by atoms with Crippen LogP contribution < -0.4 is 15.8 Å². The van der Waals surface area contributed by atoms with Crippen molar-refractivity contribution >= 4 is 28.5 Å². The number of hydrogen-bond donors (Lipinski definition) is 2. The molecule has 0 saturated carbocycles. The number of piperazine rings is 1. The van der Waals surface area contributed by atoms with E-state index in [1.165, 1.54) is 62.3 Å². The molecule has 4 aromatic rings. The highest BCUT2D eigenvalue weighted by Gasteiger charge is 2.42. The van der Waals surface area contributed by atoms with Crippen LogP contribution in [0.5, 0.6) is 0 Å². The van der Waals surface area contributed by atoms with Gasteiger partial charge in [0.2, 0.25) is 0 Å². The third-order valence-corrected chi connectivity index (χ3v) is 9.13. The highest BCUT2D eigenvalue weighted by molar-refractivity contribution is 5.99. The highest BCUT2D eigenvalue weighted by Crippen LogP contribution is 2.39. The molecule has 1 aliphatic heterocycles. The second-order valence-corrected chi connectivity index (χ2v) is 12.7. The van der Waals surface area contributed by atoms with E-state index in [0.29, 0.717) is 6.54 Å². The van der Waals surface area contributed by atoms with Gasteiger partial charge < -0.3 is 24.8 Å². The number of aryl methyl sites for hydroxylation is 2. The molecule has 2 atom stereocenters. The average molecular weight is 704 g/mol. The van der Waals surface area contributed by atoms with Crippen molar-refractivity contribution in [3.05, 3.63) is 92.8 Å². The maximum absolute atomic E-state index is 15.6. The molecule has 0 bridgehead atoms. The largest absolute Gasteiger partial charge is 0.480 e. The fraction of sp³-hybridized carbons (Fsp3) is 0.371. The number of carbonyl (C=O) groups excluding carboxylic acids is 1. The summed E-state index contributed by atoms with van der Waals surface area (Å²) in [5, 5.41) is 12.6. The lowest BCUT2D eigenvalue weighted by Gasteiger charge is -2.44. The number of aliphatic carboxylic acids is 1. The number of carboxylic acids is 1. The number of anilines is 1. The Bertz CT molecular complexity index is 2020. The zero-order chi connectivity index (χ0) is 36.9. The monoisotopic (exact) mass is 703 g/mol. The highest BCUT2D eigenvalue weighted by atomic mass is 19.4. The molecule has 2 aromatic carbocycles. The van der Waals surface area contributed by atoms with Crippen molar-refractivity contribution in [1.82, 2.24) is 19.8 Å². The van der Waals surface area contributed by atoms with Gasteiger partial charge in [0, 0.05) is 68.6 Å². The summed E-state index contributed by atoms with van der Waals surface area (Å²) in [7, 11) is 3.05. The Labute approximate surface area is 283 Å². The van der Waals surface area contributed by atoms with Crippen LogP contribution in [0.15, 0.2) is 53.5 Å². The summed E-state index contributed by atoms with van der Waals surface area (Å²) in [5.74, 6) is -6.69. The number of alkyl halides is 5. The van der Waals surface area contributed by atoms with Gasteiger partial charge in [0.25, 0.3) is 17.4 Å². The standard InChI is InChI=1S/C35H35F6N5O4/c1-18-13-21(46-12-11-44(4)17-27(46)34(3,37)38)16-25(36)28(18)31(47)43-26(33(49)50)15-20-8-9-23(30-22(20)7-6-10-42-30)29-24(35(39,40)41)14-19(2)45(5)32(29)48/h6-10,13-14,16,26-27H,11-12,15,17H2,1-5H3,(H,43,47)(H,49,50)/t26-,27+/m0/s1. The summed E-state index contributed by atoms with van der Waals surface area (Å²) < 4.78 is 88.1. The lowest BCUT2D eigenvalue weighted by molar-refractivity contribution is -0.139. The van der Waals surface area contributed by atoms with Crippen molar-refractivity contribution in [2.45, 2.75) is 51.4 Å². The van der Waals surface area contributed by atoms with Crippen LogP contribution in [0.3, 0.4) is 0 Å². The maximum atomic E-state index is 15.6. The number of fused-ring (bicyclic) bond motifs is 1. The zero-order valence-electron chi connectivity index (χ0n) is 27.8. The van der Waals surface area contributed by atoms with Crippen LogP contribution in [0.2, 0.25) is 0 Å². The molecule has 1 amide bonds. The Hall–Kier alpha value is -4.92. The Morgan fingerprint density at radius 1 is 1.06 bits per heavy atom. The van der Waals surface area contributed by atoms with Gasteiger partial charge in [-0.15, -0.1) is 0 Å². The van der Waals surface area contributed by atoms with E-state index in [1.54, 1.807) is 11.9 Å². The van der Waals surface area contributed by atoms with Gasteiger partial charge in [0.05, 0.1) is 22.2 Å². The van der Waals surface area contributed by atoms with E-state index in [9.17, 15) is 41.4 Å². The molecule has 2 aromatic heterocycles. The summed E-state index contributed by atoms with van der Waals surface area (Å²) in [5.41, 5.74) is -2.64. The molecule has 1 saturated heterocycles. The molecule has 1 fully saturated rings. The van der Waals surface area contributed by atoms with E-state index in [4.69, 9.17) is 0 Å². The van der Waals surface area contributed by atoms with Crippen LogP contribution in [0.1, 0.15) is 39.7 Å². The third kappa shape index (κ3) is 7.04. The average Bonchev–Trinajstić information content (AvgIpc) is 3.02. The first-order chi connectivity index (χ1) is 23.3. The molecular weight excluding hydrogens is 668 g/mol. The first kappa shape index (κ1) is 36.4. The molecule has 0 radical (unpaired) electrons. The molecular formula is C35H35F6N5O4. The second kappa shape index (κ2) is 13.4. The lowest BCUT2D eigenvalue weighted by Crippen LogP contribution is -2.58. The minimum absolute atomic E-state index is 0.00395.